The molecule has 0 saturated carbocycles. The third-order valence-electron chi connectivity index (χ3n) is 1.36. The molecular formula is C8H19N. The van der Waals surface area contributed by atoms with Gasteiger partial charge < -0.3 is 5.73 Å². The summed E-state index contributed by atoms with van der Waals surface area (Å²) in [5.74, 6) is 0.671. The van der Waals surface area contributed by atoms with Crippen molar-refractivity contribution in [3.05, 3.63) is 0 Å². The van der Waals surface area contributed by atoms with E-state index in [1.165, 1.54) is 6.42 Å². The van der Waals surface area contributed by atoms with E-state index in [9.17, 15) is 0 Å². The SMILES string of the molecule is C[C@@H](CN)CC(C)(C)C. The highest BCUT2D eigenvalue weighted by atomic mass is 14.5. The van der Waals surface area contributed by atoms with Crippen LogP contribution in [0.1, 0.15) is 34.1 Å². The predicted molar refractivity (Wildman–Crippen MR) is 42.3 cm³/mol. The van der Waals surface area contributed by atoms with Crippen molar-refractivity contribution in [2.45, 2.75) is 34.1 Å². The highest BCUT2D eigenvalue weighted by molar-refractivity contribution is 4.66. The van der Waals surface area contributed by atoms with E-state index in [0.717, 1.165) is 6.54 Å². The van der Waals surface area contributed by atoms with E-state index < -0.39 is 0 Å². The monoisotopic (exact) mass is 129 g/mol. The first kappa shape index (κ1) is 8.96. The fourth-order valence-electron chi connectivity index (χ4n) is 1.13. The number of hydrogen-bond donors (Lipinski definition) is 1. The Kier molecular flexibility index (Phi) is 3.20. The van der Waals surface area contributed by atoms with Crippen LogP contribution in [0.15, 0.2) is 0 Å². The van der Waals surface area contributed by atoms with Crippen LogP contribution >= 0.6 is 0 Å². The van der Waals surface area contributed by atoms with Gasteiger partial charge in [0.2, 0.25) is 0 Å². The summed E-state index contributed by atoms with van der Waals surface area (Å²) in [6.45, 7) is 9.76. The lowest BCUT2D eigenvalue weighted by Crippen LogP contribution is -2.17. The van der Waals surface area contributed by atoms with Crippen molar-refractivity contribution in [1.82, 2.24) is 0 Å². The van der Waals surface area contributed by atoms with Crippen LogP contribution in [0.25, 0.3) is 0 Å². The van der Waals surface area contributed by atoms with E-state index in [0.29, 0.717) is 11.3 Å². The lowest BCUT2D eigenvalue weighted by Gasteiger charge is -2.21. The molecule has 0 aliphatic carbocycles. The van der Waals surface area contributed by atoms with Gasteiger partial charge in [0.25, 0.3) is 0 Å². The second-order valence-electron chi connectivity index (χ2n) is 4.11. The third-order valence-corrected chi connectivity index (χ3v) is 1.36. The lowest BCUT2D eigenvalue weighted by atomic mass is 9.86. The summed E-state index contributed by atoms with van der Waals surface area (Å²) in [4.78, 5) is 0. The van der Waals surface area contributed by atoms with E-state index in [1.807, 2.05) is 0 Å². The summed E-state index contributed by atoms with van der Waals surface area (Å²) in [7, 11) is 0. The van der Waals surface area contributed by atoms with Crippen LogP contribution in [-0.4, -0.2) is 6.54 Å². The second-order valence-corrected chi connectivity index (χ2v) is 4.11. The van der Waals surface area contributed by atoms with Crippen LogP contribution in [0, 0.1) is 11.3 Å². The number of nitrogens with two attached hydrogens (primary N) is 1. The van der Waals surface area contributed by atoms with Crippen LogP contribution in [-0.2, 0) is 0 Å². The molecule has 0 aliphatic heterocycles. The van der Waals surface area contributed by atoms with Crippen molar-refractivity contribution in [1.29, 1.82) is 0 Å². The maximum Gasteiger partial charge on any atom is -0.00513 e. The smallest absolute Gasteiger partial charge is 0.00513 e. The van der Waals surface area contributed by atoms with E-state index >= 15 is 0 Å². The quantitative estimate of drug-likeness (QED) is 0.606. The molecular weight excluding hydrogens is 110 g/mol. The minimum Gasteiger partial charge on any atom is -0.330 e. The average Bonchev–Trinajstić information content (AvgIpc) is 1.62. The highest BCUT2D eigenvalue weighted by Gasteiger charge is 2.13. The molecule has 0 aromatic carbocycles. The Morgan fingerprint density at radius 1 is 1.33 bits per heavy atom. The third kappa shape index (κ3) is 5.84. The molecule has 0 radical (unpaired) electrons. The molecule has 9 heavy (non-hydrogen) atoms. The summed E-state index contributed by atoms with van der Waals surface area (Å²) in [5.41, 5.74) is 5.92. The van der Waals surface area contributed by atoms with Gasteiger partial charge in [-0.1, -0.05) is 27.7 Å². The van der Waals surface area contributed by atoms with Gasteiger partial charge in [-0.2, -0.15) is 0 Å². The van der Waals surface area contributed by atoms with Crippen molar-refractivity contribution < 1.29 is 0 Å². The molecule has 2 N–H and O–H groups in total. The molecule has 56 valence electrons. The summed E-state index contributed by atoms with van der Waals surface area (Å²) < 4.78 is 0. The Morgan fingerprint density at radius 3 is 1.89 bits per heavy atom. The van der Waals surface area contributed by atoms with Crippen molar-refractivity contribution >= 4 is 0 Å². The Morgan fingerprint density at radius 2 is 1.78 bits per heavy atom. The van der Waals surface area contributed by atoms with Gasteiger partial charge in [0, 0.05) is 0 Å². The molecule has 0 fully saturated rings. The van der Waals surface area contributed by atoms with E-state index in [2.05, 4.69) is 27.7 Å². The molecule has 0 saturated heterocycles. The molecule has 0 aromatic heterocycles. The molecule has 0 rings (SSSR count). The van der Waals surface area contributed by atoms with Crippen LogP contribution in [0.3, 0.4) is 0 Å². The molecule has 0 heterocycles. The van der Waals surface area contributed by atoms with Gasteiger partial charge in [-0.25, -0.2) is 0 Å². The first-order valence-electron chi connectivity index (χ1n) is 3.66. The standard InChI is InChI=1S/C8H19N/c1-7(6-9)5-8(2,3)4/h7H,5-6,9H2,1-4H3/t7-/m1/s1. The van der Waals surface area contributed by atoms with Gasteiger partial charge in [0.1, 0.15) is 0 Å². The molecule has 0 amide bonds. The first-order chi connectivity index (χ1) is 3.95. The van der Waals surface area contributed by atoms with Crippen LogP contribution in [0.4, 0.5) is 0 Å². The van der Waals surface area contributed by atoms with Crippen LogP contribution < -0.4 is 5.73 Å². The van der Waals surface area contributed by atoms with Gasteiger partial charge in [-0.15, -0.1) is 0 Å². The van der Waals surface area contributed by atoms with Crippen molar-refractivity contribution in [3.63, 3.8) is 0 Å². The van der Waals surface area contributed by atoms with Crippen molar-refractivity contribution in [3.8, 4) is 0 Å². The lowest BCUT2D eigenvalue weighted by molar-refractivity contribution is 0.311. The van der Waals surface area contributed by atoms with Gasteiger partial charge in [-0.3, -0.25) is 0 Å². The second kappa shape index (κ2) is 3.21. The maximum atomic E-state index is 5.48. The Balaban J connectivity index is 3.47. The van der Waals surface area contributed by atoms with Gasteiger partial charge >= 0.3 is 0 Å². The number of rotatable bonds is 2. The highest BCUT2D eigenvalue weighted by Crippen LogP contribution is 2.23. The zero-order valence-electron chi connectivity index (χ0n) is 7.07. The van der Waals surface area contributed by atoms with Gasteiger partial charge in [0.15, 0.2) is 0 Å². The fraction of sp³-hybridized carbons (Fsp3) is 1.00. The zero-order chi connectivity index (χ0) is 7.49. The normalized spacial score (nSPS) is 15.7. The topological polar surface area (TPSA) is 26.0 Å². The van der Waals surface area contributed by atoms with Gasteiger partial charge in [0.05, 0.1) is 0 Å². The molecule has 0 aromatic rings. The van der Waals surface area contributed by atoms with Crippen LogP contribution in [0.2, 0.25) is 0 Å². The molecule has 0 spiro atoms. The Hall–Kier alpha value is -0.0400. The van der Waals surface area contributed by atoms with Crippen molar-refractivity contribution in [2.75, 3.05) is 6.54 Å². The maximum absolute atomic E-state index is 5.48. The van der Waals surface area contributed by atoms with E-state index in [-0.39, 0.29) is 0 Å². The Labute approximate surface area is 58.6 Å². The summed E-state index contributed by atoms with van der Waals surface area (Å²) in [5, 5.41) is 0. The van der Waals surface area contributed by atoms with Crippen molar-refractivity contribution in [2.24, 2.45) is 17.1 Å². The molecule has 1 nitrogen and oxygen atoms in total. The summed E-state index contributed by atoms with van der Waals surface area (Å²) in [6.07, 6.45) is 1.23. The fourth-order valence-corrected chi connectivity index (χ4v) is 1.13. The first-order valence-corrected chi connectivity index (χ1v) is 3.66. The minimum absolute atomic E-state index is 0.443. The minimum atomic E-state index is 0.443. The summed E-state index contributed by atoms with van der Waals surface area (Å²) >= 11 is 0. The molecule has 0 unspecified atom stereocenters. The molecule has 0 bridgehead atoms. The Bertz CT molecular complexity index is 71.1. The molecule has 1 atom stereocenters. The zero-order valence-corrected chi connectivity index (χ0v) is 7.07. The van der Waals surface area contributed by atoms with E-state index in [4.69, 9.17) is 5.73 Å². The predicted octanol–water partition coefficient (Wildman–Crippen LogP) is 2.02. The van der Waals surface area contributed by atoms with Crippen LogP contribution in [0.5, 0.6) is 0 Å². The van der Waals surface area contributed by atoms with E-state index in [1.54, 1.807) is 0 Å². The summed E-state index contributed by atoms with van der Waals surface area (Å²) in [6, 6.07) is 0. The average molecular weight is 129 g/mol. The largest absolute Gasteiger partial charge is 0.330 e. The molecule has 1 heteroatoms. The van der Waals surface area contributed by atoms with Gasteiger partial charge in [-0.05, 0) is 24.3 Å². The molecule has 0 aliphatic rings. The number of hydrogen-bond acceptors (Lipinski definition) is 1.